The third-order valence-electron chi connectivity index (χ3n) is 6.04. The summed E-state index contributed by atoms with van der Waals surface area (Å²) in [5, 5.41) is 0.954. The van der Waals surface area contributed by atoms with Crippen LogP contribution in [0.4, 0.5) is 5.69 Å². The van der Waals surface area contributed by atoms with Gasteiger partial charge in [0.05, 0.1) is 23.3 Å². The van der Waals surface area contributed by atoms with Gasteiger partial charge in [0.25, 0.3) is 10.0 Å². The Morgan fingerprint density at radius 2 is 1.70 bits per heavy atom. The molecule has 0 amide bonds. The van der Waals surface area contributed by atoms with Crippen molar-refractivity contribution in [3.8, 4) is 5.75 Å². The molecule has 0 aliphatic heterocycles. The van der Waals surface area contributed by atoms with Crippen molar-refractivity contribution in [3.05, 3.63) is 89.7 Å². The number of furan rings is 1. The second kappa shape index (κ2) is 8.41. The zero-order valence-corrected chi connectivity index (χ0v) is 19.0. The highest BCUT2D eigenvalue weighted by molar-refractivity contribution is 7.92. The van der Waals surface area contributed by atoms with E-state index in [-0.39, 0.29) is 11.3 Å². The van der Waals surface area contributed by atoms with Gasteiger partial charge in [0.2, 0.25) is 0 Å². The molecule has 7 heteroatoms. The summed E-state index contributed by atoms with van der Waals surface area (Å²) >= 11 is 0. The largest absolute Gasteiger partial charge is 0.464 e. The highest BCUT2D eigenvalue weighted by atomic mass is 32.2. The van der Waals surface area contributed by atoms with Crippen LogP contribution in [-0.2, 0) is 34.1 Å². The Bertz CT molecular complexity index is 1420. The molecule has 0 N–H and O–H groups in total. The number of rotatable bonds is 6. The number of carbonyl (C=O) groups is 1. The van der Waals surface area contributed by atoms with Crippen molar-refractivity contribution < 1.29 is 22.4 Å². The van der Waals surface area contributed by atoms with Gasteiger partial charge in [0.15, 0.2) is 0 Å². The SMILES string of the molecule is CN(c1ccc(OC(=O)Cc2coc3cc4c(cc23)CCC4)cc1)S(=O)(=O)c1ccccc1. The first-order valence-electron chi connectivity index (χ1n) is 10.8. The Morgan fingerprint density at radius 1 is 1.00 bits per heavy atom. The Morgan fingerprint density at radius 3 is 2.42 bits per heavy atom. The van der Waals surface area contributed by atoms with E-state index in [4.69, 9.17) is 9.15 Å². The Balaban J connectivity index is 1.28. The number of hydrogen-bond acceptors (Lipinski definition) is 5. The average Bonchev–Trinajstić information content (AvgIpc) is 3.44. The molecule has 1 aromatic heterocycles. The molecule has 0 saturated heterocycles. The fourth-order valence-electron chi connectivity index (χ4n) is 4.22. The molecule has 0 saturated carbocycles. The number of sulfonamides is 1. The first-order valence-corrected chi connectivity index (χ1v) is 12.2. The quantitative estimate of drug-likeness (QED) is 0.302. The average molecular weight is 462 g/mol. The van der Waals surface area contributed by atoms with Gasteiger partial charge in [0, 0.05) is 18.0 Å². The van der Waals surface area contributed by atoms with Crippen LogP contribution in [0, 0.1) is 0 Å². The van der Waals surface area contributed by atoms with Crippen LogP contribution in [0.1, 0.15) is 23.1 Å². The van der Waals surface area contributed by atoms with Crippen LogP contribution >= 0.6 is 0 Å². The molecule has 6 nitrogen and oxygen atoms in total. The number of anilines is 1. The summed E-state index contributed by atoms with van der Waals surface area (Å²) in [6.07, 6.45) is 4.99. The maximum atomic E-state index is 12.8. The summed E-state index contributed by atoms with van der Waals surface area (Å²) in [5.74, 6) is -0.0563. The van der Waals surface area contributed by atoms with Gasteiger partial charge in [-0.2, -0.15) is 0 Å². The molecule has 33 heavy (non-hydrogen) atoms. The minimum Gasteiger partial charge on any atom is -0.464 e. The van der Waals surface area contributed by atoms with E-state index in [1.54, 1.807) is 60.9 Å². The van der Waals surface area contributed by atoms with Crippen molar-refractivity contribution in [2.75, 3.05) is 11.4 Å². The summed E-state index contributed by atoms with van der Waals surface area (Å²) in [7, 11) is -2.18. The van der Waals surface area contributed by atoms with Gasteiger partial charge in [-0.25, -0.2) is 8.42 Å². The number of esters is 1. The number of carbonyl (C=O) groups excluding carboxylic acids is 1. The van der Waals surface area contributed by atoms with Crippen LogP contribution in [0.3, 0.4) is 0 Å². The lowest BCUT2D eigenvalue weighted by Crippen LogP contribution is -2.26. The number of nitrogens with zero attached hydrogens (tertiary/aromatic N) is 1. The van der Waals surface area contributed by atoms with Crippen molar-refractivity contribution in [2.24, 2.45) is 0 Å². The fourth-order valence-corrected chi connectivity index (χ4v) is 5.44. The number of fused-ring (bicyclic) bond motifs is 2. The van der Waals surface area contributed by atoms with E-state index in [2.05, 4.69) is 12.1 Å². The minimum absolute atomic E-state index is 0.0931. The molecule has 1 heterocycles. The van der Waals surface area contributed by atoms with E-state index in [1.807, 2.05) is 0 Å². The lowest BCUT2D eigenvalue weighted by atomic mass is 10.0. The van der Waals surface area contributed by atoms with Crippen molar-refractivity contribution in [2.45, 2.75) is 30.6 Å². The first kappa shape index (κ1) is 21.3. The molecule has 0 spiro atoms. The van der Waals surface area contributed by atoms with Gasteiger partial charge < -0.3 is 9.15 Å². The van der Waals surface area contributed by atoms with Crippen molar-refractivity contribution in [3.63, 3.8) is 0 Å². The van der Waals surface area contributed by atoms with Crippen molar-refractivity contribution in [1.29, 1.82) is 0 Å². The number of hydrogen-bond donors (Lipinski definition) is 0. The van der Waals surface area contributed by atoms with Gasteiger partial charge in [0.1, 0.15) is 11.3 Å². The smallest absolute Gasteiger partial charge is 0.315 e. The first-order chi connectivity index (χ1) is 15.9. The predicted octanol–water partition coefficient (Wildman–Crippen LogP) is 4.89. The maximum Gasteiger partial charge on any atom is 0.315 e. The number of aryl methyl sites for hydroxylation is 2. The fraction of sp³-hybridized carbons (Fsp3) is 0.192. The molecular weight excluding hydrogens is 438 g/mol. The molecule has 1 aliphatic rings. The van der Waals surface area contributed by atoms with Gasteiger partial charge in [-0.15, -0.1) is 0 Å². The van der Waals surface area contributed by atoms with Gasteiger partial charge in [-0.1, -0.05) is 18.2 Å². The van der Waals surface area contributed by atoms with Crippen LogP contribution in [-0.4, -0.2) is 21.4 Å². The van der Waals surface area contributed by atoms with Crippen LogP contribution in [0.2, 0.25) is 0 Å². The Hall–Kier alpha value is -3.58. The van der Waals surface area contributed by atoms with Crippen LogP contribution in [0.5, 0.6) is 5.75 Å². The normalized spacial score (nSPS) is 13.1. The predicted molar refractivity (Wildman–Crippen MR) is 126 cm³/mol. The molecule has 3 aromatic carbocycles. The van der Waals surface area contributed by atoms with Gasteiger partial charge in [-0.3, -0.25) is 9.10 Å². The molecule has 0 bridgehead atoms. The summed E-state index contributed by atoms with van der Waals surface area (Å²) in [6, 6.07) is 18.8. The number of ether oxygens (including phenoxy) is 1. The third-order valence-corrected chi connectivity index (χ3v) is 7.84. The number of benzene rings is 3. The van der Waals surface area contributed by atoms with E-state index in [0.29, 0.717) is 11.4 Å². The van der Waals surface area contributed by atoms with E-state index < -0.39 is 16.0 Å². The molecule has 4 aromatic rings. The standard InChI is InChI=1S/C26H23NO5S/c1-27(33(29,30)23-8-3-2-4-9-23)21-10-12-22(13-11-21)32-26(28)16-20-17-31-25-15-19-7-5-6-18(19)14-24(20)25/h2-4,8-15,17H,5-7,16H2,1H3. The zero-order valence-electron chi connectivity index (χ0n) is 18.2. The lowest BCUT2D eigenvalue weighted by Gasteiger charge is -2.19. The monoisotopic (exact) mass is 461 g/mol. The van der Waals surface area contributed by atoms with Crippen molar-refractivity contribution in [1.82, 2.24) is 0 Å². The molecule has 0 fully saturated rings. The second-order valence-corrected chi connectivity index (χ2v) is 10.1. The lowest BCUT2D eigenvalue weighted by molar-refractivity contribution is -0.133. The minimum atomic E-state index is -3.67. The summed E-state index contributed by atoms with van der Waals surface area (Å²) < 4.78 is 37.9. The van der Waals surface area contributed by atoms with Gasteiger partial charge in [-0.05, 0) is 78.9 Å². The van der Waals surface area contributed by atoms with E-state index >= 15 is 0 Å². The molecular formula is C26H23NO5S. The molecule has 0 atom stereocenters. The van der Waals surface area contributed by atoms with E-state index in [9.17, 15) is 13.2 Å². The zero-order chi connectivity index (χ0) is 23.0. The molecule has 1 aliphatic carbocycles. The highest BCUT2D eigenvalue weighted by Crippen LogP contribution is 2.31. The topological polar surface area (TPSA) is 76.8 Å². The van der Waals surface area contributed by atoms with E-state index in [1.165, 1.54) is 22.5 Å². The molecule has 168 valence electrons. The van der Waals surface area contributed by atoms with Crippen LogP contribution in [0.25, 0.3) is 11.0 Å². The van der Waals surface area contributed by atoms with Gasteiger partial charge >= 0.3 is 5.97 Å². The highest BCUT2D eigenvalue weighted by Gasteiger charge is 2.21. The Labute approximate surface area is 192 Å². The summed E-state index contributed by atoms with van der Waals surface area (Å²) in [6.45, 7) is 0. The maximum absolute atomic E-state index is 12.8. The molecule has 5 rings (SSSR count). The van der Waals surface area contributed by atoms with Crippen molar-refractivity contribution >= 4 is 32.6 Å². The summed E-state index contributed by atoms with van der Waals surface area (Å²) in [5.41, 5.74) is 4.71. The van der Waals surface area contributed by atoms with Crippen LogP contribution in [0.15, 0.2) is 82.3 Å². The summed E-state index contributed by atoms with van der Waals surface area (Å²) in [4.78, 5) is 12.8. The third kappa shape index (κ3) is 4.12. The van der Waals surface area contributed by atoms with E-state index in [0.717, 1.165) is 35.8 Å². The Kier molecular flexibility index (Phi) is 5.42. The second-order valence-electron chi connectivity index (χ2n) is 8.16. The molecule has 0 radical (unpaired) electrons. The molecule has 0 unspecified atom stereocenters. The van der Waals surface area contributed by atoms with Crippen LogP contribution < -0.4 is 9.04 Å².